The summed E-state index contributed by atoms with van der Waals surface area (Å²) in [5.41, 5.74) is 2.74. The van der Waals surface area contributed by atoms with Gasteiger partial charge >= 0.3 is 0 Å². The maximum Gasteiger partial charge on any atom is 0.262 e. The minimum absolute atomic E-state index is 0.0931. The first-order valence-corrected chi connectivity index (χ1v) is 10.1. The molecule has 150 valence electrons. The van der Waals surface area contributed by atoms with Gasteiger partial charge in [0.05, 0.1) is 5.52 Å². The molecule has 0 aliphatic carbocycles. The van der Waals surface area contributed by atoms with Crippen LogP contribution in [0.3, 0.4) is 0 Å². The van der Waals surface area contributed by atoms with E-state index in [1.165, 1.54) is 6.07 Å². The van der Waals surface area contributed by atoms with E-state index in [2.05, 4.69) is 6.92 Å². The number of aromatic nitrogens is 1. The van der Waals surface area contributed by atoms with Crippen LogP contribution in [0.4, 0.5) is 0 Å². The molecule has 2 aromatic carbocycles. The Hall–Kier alpha value is -3.21. The van der Waals surface area contributed by atoms with Crippen molar-refractivity contribution in [2.45, 2.75) is 39.4 Å². The lowest BCUT2D eigenvalue weighted by Gasteiger charge is -2.25. The third-order valence-electron chi connectivity index (χ3n) is 4.82. The van der Waals surface area contributed by atoms with Crippen LogP contribution in [0.1, 0.15) is 37.8 Å². The molecule has 4 rings (SSSR count). The zero-order chi connectivity index (χ0) is 20.2. The van der Waals surface area contributed by atoms with E-state index >= 15 is 0 Å². The lowest BCUT2D eigenvalue weighted by atomic mass is 10.1. The summed E-state index contributed by atoms with van der Waals surface area (Å²) in [5.74, 6) is 1.09. The molecule has 0 amide bonds. The van der Waals surface area contributed by atoms with E-state index in [9.17, 15) is 4.79 Å². The highest BCUT2D eigenvalue weighted by molar-refractivity contribution is 5.83. The lowest BCUT2D eigenvalue weighted by molar-refractivity contribution is 0.0124. The molecule has 0 N–H and O–H groups in total. The first-order chi connectivity index (χ1) is 14.2. The van der Waals surface area contributed by atoms with Crippen LogP contribution in [0.25, 0.3) is 17.0 Å². The average Bonchev–Trinajstić information content (AvgIpc) is 2.74. The van der Waals surface area contributed by atoms with Crippen molar-refractivity contribution in [3.63, 3.8) is 0 Å². The molecule has 0 spiro atoms. The molecule has 1 unspecified atom stereocenters. The molecule has 1 aliphatic heterocycles. The first kappa shape index (κ1) is 19.1. The molecule has 5 nitrogen and oxygen atoms in total. The minimum Gasteiger partial charge on any atom is -0.450 e. The smallest absolute Gasteiger partial charge is 0.262 e. The summed E-state index contributed by atoms with van der Waals surface area (Å²) in [6, 6.07) is 15.0. The first-order valence-electron chi connectivity index (χ1n) is 10.1. The number of aryl methyl sites for hydroxylation is 1. The number of ether oxygens (including phenoxy) is 2. The molecule has 2 heterocycles. The molecule has 0 radical (unpaired) electrons. The van der Waals surface area contributed by atoms with Gasteiger partial charge in [0.2, 0.25) is 5.88 Å². The highest BCUT2D eigenvalue weighted by Gasteiger charge is 2.20. The normalized spacial score (nSPS) is 15.0. The summed E-state index contributed by atoms with van der Waals surface area (Å²) in [6.07, 6.45) is 5.81. The number of fused-ring (bicyclic) bond motifs is 2. The maximum absolute atomic E-state index is 12.8. The van der Waals surface area contributed by atoms with Crippen molar-refractivity contribution in [1.82, 2.24) is 4.73 Å². The Kier molecular flexibility index (Phi) is 5.56. The van der Waals surface area contributed by atoms with Gasteiger partial charge in [-0.2, -0.15) is 0 Å². The van der Waals surface area contributed by atoms with Crippen LogP contribution >= 0.6 is 0 Å². The molecule has 5 heteroatoms. The Bertz CT molecular complexity index is 1100. The third-order valence-corrected chi connectivity index (χ3v) is 4.82. The Morgan fingerprint density at radius 3 is 2.76 bits per heavy atom. The topological polar surface area (TPSA) is 49.7 Å². The van der Waals surface area contributed by atoms with Gasteiger partial charge in [0, 0.05) is 17.0 Å². The molecule has 1 aliphatic rings. The second-order valence-electron chi connectivity index (χ2n) is 7.04. The van der Waals surface area contributed by atoms with Gasteiger partial charge in [0.1, 0.15) is 12.4 Å². The predicted octanol–water partition coefficient (Wildman–Crippen LogP) is 4.60. The number of benzene rings is 2. The van der Waals surface area contributed by atoms with Crippen LogP contribution < -0.4 is 19.7 Å². The summed E-state index contributed by atoms with van der Waals surface area (Å²) < 4.78 is 13.7. The summed E-state index contributed by atoms with van der Waals surface area (Å²) in [6.45, 7) is 4.67. The Morgan fingerprint density at radius 1 is 1.07 bits per heavy atom. The van der Waals surface area contributed by atoms with Crippen LogP contribution in [-0.2, 0) is 6.42 Å². The summed E-state index contributed by atoms with van der Waals surface area (Å²) in [4.78, 5) is 18.8. The molecular weight excluding hydrogens is 366 g/mol. The summed E-state index contributed by atoms with van der Waals surface area (Å²) >= 11 is 0. The second-order valence-corrected chi connectivity index (χ2v) is 7.04. The number of hydrogen-bond acceptors (Lipinski definition) is 4. The van der Waals surface area contributed by atoms with Crippen LogP contribution in [-0.4, -0.2) is 17.6 Å². The fourth-order valence-electron chi connectivity index (χ4n) is 3.51. The number of hydrogen-bond donors (Lipinski definition) is 0. The van der Waals surface area contributed by atoms with Crippen molar-refractivity contribution in [2.75, 3.05) is 6.61 Å². The van der Waals surface area contributed by atoms with Crippen molar-refractivity contribution < 1.29 is 14.3 Å². The van der Waals surface area contributed by atoms with Gasteiger partial charge in [-0.05, 0) is 42.7 Å². The van der Waals surface area contributed by atoms with Gasteiger partial charge in [-0.15, -0.1) is 4.73 Å². The van der Waals surface area contributed by atoms with E-state index in [0.29, 0.717) is 17.9 Å². The van der Waals surface area contributed by atoms with Gasteiger partial charge in [-0.25, -0.2) is 0 Å². The standard InChI is InChI=1S/C24H25NO4/c1-3-8-18-10-7-11-19-20(26)16-22(25(24(18)19)27-15-4-2)29-23-14-13-17-9-5-6-12-21(17)28-23/h5-7,9-14,16,23H,3-4,8,15H2,1-2H3. The molecule has 1 aromatic heterocycles. The van der Waals surface area contributed by atoms with Crippen molar-refractivity contribution in [1.29, 1.82) is 0 Å². The summed E-state index contributed by atoms with van der Waals surface area (Å²) in [5, 5.41) is 0.629. The van der Waals surface area contributed by atoms with Crippen LogP contribution in [0.5, 0.6) is 11.6 Å². The van der Waals surface area contributed by atoms with Crippen LogP contribution in [0.2, 0.25) is 0 Å². The number of rotatable bonds is 7. The van der Waals surface area contributed by atoms with Gasteiger partial charge in [-0.3, -0.25) is 4.79 Å². The summed E-state index contributed by atoms with van der Waals surface area (Å²) in [7, 11) is 0. The van der Waals surface area contributed by atoms with E-state index in [-0.39, 0.29) is 5.43 Å². The Morgan fingerprint density at radius 2 is 1.93 bits per heavy atom. The quantitative estimate of drug-likeness (QED) is 0.590. The van der Waals surface area contributed by atoms with Crippen molar-refractivity contribution >= 4 is 17.0 Å². The van der Waals surface area contributed by atoms with Gasteiger partial charge in [-0.1, -0.05) is 50.6 Å². The fraction of sp³-hybridized carbons (Fsp3) is 0.292. The molecular formula is C24H25NO4. The molecule has 0 saturated heterocycles. The predicted molar refractivity (Wildman–Crippen MR) is 114 cm³/mol. The number of pyridine rings is 1. The molecule has 0 bridgehead atoms. The minimum atomic E-state index is -0.642. The molecule has 1 atom stereocenters. The molecule has 0 fully saturated rings. The molecule has 29 heavy (non-hydrogen) atoms. The maximum atomic E-state index is 12.8. The zero-order valence-electron chi connectivity index (χ0n) is 16.8. The van der Waals surface area contributed by atoms with Gasteiger partial charge < -0.3 is 14.3 Å². The molecule has 3 aromatic rings. The van der Waals surface area contributed by atoms with Gasteiger partial charge in [0.25, 0.3) is 6.29 Å². The Balaban J connectivity index is 1.77. The van der Waals surface area contributed by atoms with E-state index in [1.807, 2.05) is 61.5 Å². The van der Waals surface area contributed by atoms with Crippen LogP contribution in [0, 0.1) is 0 Å². The number of para-hydroxylation sites is 2. The van der Waals surface area contributed by atoms with E-state index in [4.69, 9.17) is 14.3 Å². The largest absolute Gasteiger partial charge is 0.450 e. The Labute approximate surface area is 170 Å². The van der Waals surface area contributed by atoms with Crippen molar-refractivity contribution in [3.05, 3.63) is 76.0 Å². The van der Waals surface area contributed by atoms with E-state index in [0.717, 1.165) is 41.7 Å². The highest BCUT2D eigenvalue weighted by Crippen LogP contribution is 2.28. The molecule has 0 saturated carbocycles. The van der Waals surface area contributed by atoms with Gasteiger partial charge in [0.15, 0.2) is 5.43 Å². The average molecular weight is 391 g/mol. The SMILES string of the molecule is CCCOn1c(OC2C=Cc3ccccc3O2)cc(=O)c2cccc(CCC)c21. The van der Waals surface area contributed by atoms with Crippen molar-refractivity contribution in [2.24, 2.45) is 0 Å². The fourth-order valence-corrected chi connectivity index (χ4v) is 3.51. The second kappa shape index (κ2) is 8.43. The van der Waals surface area contributed by atoms with E-state index < -0.39 is 6.29 Å². The highest BCUT2D eigenvalue weighted by atomic mass is 16.7. The number of nitrogens with zero attached hydrogens (tertiary/aromatic N) is 1. The monoisotopic (exact) mass is 391 g/mol. The zero-order valence-corrected chi connectivity index (χ0v) is 16.8. The van der Waals surface area contributed by atoms with E-state index in [1.54, 1.807) is 4.73 Å². The van der Waals surface area contributed by atoms with Crippen molar-refractivity contribution in [3.8, 4) is 11.6 Å². The lowest BCUT2D eigenvalue weighted by Crippen LogP contribution is -2.28. The third kappa shape index (κ3) is 3.86. The van der Waals surface area contributed by atoms with Crippen LogP contribution in [0.15, 0.2) is 59.4 Å².